The van der Waals surface area contributed by atoms with Crippen LogP contribution in [0.15, 0.2) is 24.3 Å². The Hall–Kier alpha value is -1.51. The third kappa shape index (κ3) is 4.93. The van der Waals surface area contributed by atoms with Crippen LogP contribution in [0, 0.1) is 6.92 Å². The molecule has 1 fully saturated rings. The molecule has 1 amide bonds. The van der Waals surface area contributed by atoms with E-state index >= 15 is 0 Å². The van der Waals surface area contributed by atoms with Crippen molar-refractivity contribution in [3.63, 3.8) is 0 Å². The Bertz CT molecular complexity index is 411. The fraction of sp³-hybridized carbons (Fsp3) is 0.562. The van der Waals surface area contributed by atoms with Crippen molar-refractivity contribution in [2.75, 3.05) is 11.9 Å². The van der Waals surface area contributed by atoms with Gasteiger partial charge in [-0.1, -0.05) is 31.4 Å². The van der Waals surface area contributed by atoms with Gasteiger partial charge in [-0.2, -0.15) is 0 Å². The van der Waals surface area contributed by atoms with Gasteiger partial charge in [-0.25, -0.2) is 0 Å². The van der Waals surface area contributed by atoms with Crippen LogP contribution in [0.25, 0.3) is 0 Å². The number of benzene rings is 1. The largest absolute Gasteiger partial charge is 0.385 e. The molecule has 0 aromatic heterocycles. The van der Waals surface area contributed by atoms with E-state index in [4.69, 9.17) is 0 Å². The van der Waals surface area contributed by atoms with Gasteiger partial charge in [0.1, 0.15) is 0 Å². The first-order valence-corrected chi connectivity index (χ1v) is 7.34. The molecule has 3 heteroatoms. The lowest BCUT2D eigenvalue weighted by Gasteiger charge is -2.22. The lowest BCUT2D eigenvalue weighted by atomic mass is 9.95. The minimum atomic E-state index is 0.173. The number of aryl methyl sites for hydroxylation is 1. The summed E-state index contributed by atoms with van der Waals surface area (Å²) in [5.41, 5.74) is 2.32. The van der Waals surface area contributed by atoms with Crippen LogP contribution in [0.3, 0.4) is 0 Å². The third-order valence-electron chi connectivity index (χ3n) is 3.67. The highest BCUT2D eigenvalue weighted by atomic mass is 16.1. The van der Waals surface area contributed by atoms with E-state index in [0.29, 0.717) is 19.0 Å². The van der Waals surface area contributed by atoms with Gasteiger partial charge in [-0.05, 0) is 37.5 Å². The van der Waals surface area contributed by atoms with Crippen LogP contribution in [0.4, 0.5) is 5.69 Å². The monoisotopic (exact) mass is 260 g/mol. The van der Waals surface area contributed by atoms with Crippen molar-refractivity contribution in [3.8, 4) is 0 Å². The van der Waals surface area contributed by atoms with Gasteiger partial charge >= 0.3 is 0 Å². The van der Waals surface area contributed by atoms with Crippen LogP contribution < -0.4 is 10.6 Å². The fourth-order valence-electron chi connectivity index (χ4n) is 2.62. The molecule has 2 N–H and O–H groups in total. The molecular weight excluding hydrogens is 236 g/mol. The predicted molar refractivity (Wildman–Crippen MR) is 79.3 cm³/mol. The second-order valence-electron chi connectivity index (χ2n) is 5.45. The second-order valence-corrected chi connectivity index (χ2v) is 5.45. The minimum absolute atomic E-state index is 0.173. The summed E-state index contributed by atoms with van der Waals surface area (Å²) in [5.74, 6) is 0.173. The van der Waals surface area contributed by atoms with Crippen molar-refractivity contribution in [1.82, 2.24) is 5.32 Å². The molecule has 0 heterocycles. The molecule has 0 saturated heterocycles. The first kappa shape index (κ1) is 13.9. The average Bonchev–Trinajstić information content (AvgIpc) is 2.40. The Kier molecular flexibility index (Phi) is 5.25. The Morgan fingerprint density at radius 1 is 1.26 bits per heavy atom. The summed E-state index contributed by atoms with van der Waals surface area (Å²) in [6.45, 7) is 2.77. The number of carbonyl (C=O) groups excluding carboxylic acids is 1. The van der Waals surface area contributed by atoms with Gasteiger partial charge in [0.05, 0.1) is 0 Å². The third-order valence-corrected chi connectivity index (χ3v) is 3.67. The molecule has 3 nitrogen and oxygen atoms in total. The van der Waals surface area contributed by atoms with E-state index in [9.17, 15) is 4.79 Å². The number of amides is 1. The average molecular weight is 260 g/mol. The molecule has 0 bridgehead atoms. The number of hydrogen-bond acceptors (Lipinski definition) is 2. The van der Waals surface area contributed by atoms with E-state index in [1.807, 2.05) is 12.1 Å². The Labute approximate surface area is 115 Å². The number of rotatable bonds is 5. The zero-order chi connectivity index (χ0) is 13.5. The standard InChI is InChI=1S/C16H24N2O/c1-13-6-5-9-15(12-13)17-11-10-16(19)18-14-7-3-2-4-8-14/h5-6,9,12,14,17H,2-4,7-8,10-11H2,1H3,(H,18,19). The molecule has 104 valence electrons. The first-order chi connectivity index (χ1) is 9.24. The summed E-state index contributed by atoms with van der Waals surface area (Å²) in [4.78, 5) is 11.8. The summed E-state index contributed by atoms with van der Waals surface area (Å²) >= 11 is 0. The molecule has 1 aromatic carbocycles. The van der Waals surface area contributed by atoms with Crippen LogP contribution in [0.2, 0.25) is 0 Å². The maximum Gasteiger partial charge on any atom is 0.221 e. The molecule has 1 aliphatic carbocycles. The van der Waals surface area contributed by atoms with Gasteiger partial charge in [0, 0.05) is 24.7 Å². The summed E-state index contributed by atoms with van der Waals surface area (Å²) in [6, 6.07) is 8.64. The number of carbonyl (C=O) groups is 1. The lowest BCUT2D eigenvalue weighted by molar-refractivity contribution is -0.121. The van der Waals surface area contributed by atoms with Crippen LogP contribution in [0.5, 0.6) is 0 Å². The van der Waals surface area contributed by atoms with Crippen LogP contribution >= 0.6 is 0 Å². The van der Waals surface area contributed by atoms with Crippen LogP contribution in [-0.2, 0) is 4.79 Å². The maximum absolute atomic E-state index is 11.8. The normalized spacial score (nSPS) is 16.1. The fourth-order valence-corrected chi connectivity index (χ4v) is 2.62. The summed E-state index contributed by atoms with van der Waals surface area (Å²) in [6.07, 6.45) is 6.68. The topological polar surface area (TPSA) is 41.1 Å². The van der Waals surface area contributed by atoms with Gasteiger partial charge in [0.15, 0.2) is 0 Å². The van der Waals surface area contributed by atoms with Crippen molar-refractivity contribution in [2.45, 2.75) is 51.5 Å². The number of anilines is 1. The van der Waals surface area contributed by atoms with Gasteiger partial charge < -0.3 is 10.6 Å². The highest BCUT2D eigenvalue weighted by Crippen LogP contribution is 2.17. The Morgan fingerprint density at radius 2 is 2.05 bits per heavy atom. The van der Waals surface area contributed by atoms with Gasteiger partial charge in [0.2, 0.25) is 5.91 Å². The molecule has 0 atom stereocenters. The maximum atomic E-state index is 11.8. The van der Waals surface area contributed by atoms with E-state index in [0.717, 1.165) is 18.5 Å². The van der Waals surface area contributed by atoms with Gasteiger partial charge in [-0.15, -0.1) is 0 Å². The predicted octanol–water partition coefficient (Wildman–Crippen LogP) is 3.25. The van der Waals surface area contributed by atoms with E-state index in [2.05, 4.69) is 29.7 Å². The van der Waals surface area contributed by atoms with Crippen molar-refractivity contribution >= 4 is 11.6 Å². The van der Waals surface area contributed by atoms with E-state index in [-0.39, 0.29) is 5.91 Å². The van der Waals surface area contributed by atoms with Gasteiger partial charge in [0.25, 0.3) is 0 Å². The molecular formula is C16H24N2O. The molecule has 1 saturated carbocycles. The molecule has 0 spiro atoms. The molecule has 0 unspecified atom stereocenters. The smallest absolute Gasteiger partial charge is 0.221 e. The number of hydrogen-bond donors (Lipinski definition) is 2. The minimum Gasteiger partial charge on any atom is -0.385 e. The molecule has 0 radical (unpaired) electrons. The van der Waals surface area contributed by atoms with Gasteiger partial charge in [-0.3, -0.25) is 4.79 Å². The first-order valence-electron chi connectivity index (χ1n) is 7.34. The van der Waals surface area contributed by atoms with Crippen molar-refractivity contribution in [1.29, 1.82) is 0 Å². The summed E-state index contributed by atoms with van der Waals surface area (Å²) < 4.78 is 0. The van der Waals surface area contributed by atoms with E-state index in [1.54, 1.807) is 0 Å². The summed E-state index contributed by atoms with van der Waals surface area (Å²) in [7, 11) is 0. The Morgan fingerprint density at radius 3 is 2.79 bits per heavy atom. The second kappa shape index (κ2) is 7.17. The zero-order valence-electron chi connectivity index (χ0n) is 11.7. The highest BCUT2D eigenvalue weighted by Gasteiger charge is 2.15. The summed E-state index contributed by atoms with van der Waals surface area (Å²) in [5, 5.41) is 6.43. The molecule has 19 heavy (non-hydrogen) atoms. The quantitative estimate of drug-likeness (QED) is 0.853. The Balaban J connectivity index is 1.66. The van der Waals surface area contributed by atoms with Crippen molar-refractivity contribution in [3.05, 3.63) is 29.8 Å². The molecule has 1 aliphatic rings. The van der Waals surface area contributed by atoms with E-state index < -0.39 is 0 Å². The van der Waals surface area contributed by atoms with Crippen molar-refractivity contribution < 1.29 is 4.79 Å². The number of nitrogens with one attached hydrogen (secondary N) is 2. The zero-order valence-corrected chi connectivity index (χ0v) is 11.7. The van der Waals surface area contributed by atoms with E-state index in [1.165, 1.54) is 24.8 Å². The lowest BCUT2D eigenvalue weighted by Crippen LogP contribution is -2.36. The molecule has 2 rings (SSSR count). The highest BCUT2D eigenvalue weighted by molar-refractivity contribution is 5.76. The molecule has 1 aromatic rings. The SMILES string of the molecule is Cc1cccc(NCCC(=O)NC2CCCCC2)c1. The van der Waals surface area contributed by atoms with Crippen LogP contribution in [-0.4, -0.2) is 18.5 Å². The molecule has 0 aliphatic heterocycles. The van der Waals surface area contributed by atoms with Crippen molar-refractivity contribution in [2.24, 2.45) is 0 Å². The van der Waals surface area contributed by atoms with Crippen LogP contribution in [0.1, 0.15) is 44.1 Å².